The van der Waals surface area contributed by atoms with Crippen molar-refractivity contribution in [2.24, 2.45) is 5.10 Å². The summed E-state index contributed by atoms with van der Waals surface area (Å²) in [5.41, 5.74) is 4.24. The monoisotopic (exact) mass is 325 g/mol. The third-order valence-electron chi connectivity index (χ3n) is 3.05. The molecule has 0 atom stereocenters. The van der Waals surface area contributed by atoms with E-state index in [1.807, 2.05) is 24.3 Å². The van der Waals surface area contributed by atoms with Crippen LogP contribution in [0.15, 0.2) is 60.5 Å². The van der Waals surface area contributed by atoms with Crippen molar-refractivity contribution in [1.82, 2.24) is 10.4 Å². The zero-order valence-corrected chi connectivity index (χ0v) is 13.4. The molecule has 0 fully saturated rings. The van der Waals surface area contributed by atoms with E-state index in [1.54, 1.807) is 31.6 Å². The highest BCUT2D eigenvalue weighted by Crippen LogP contribution is 2.28. The van der Waals surface area contributed by atoms with E-state index >= 15 is 0 Å². The van der Waals surface area contributed by atoms with E-state index in [0.29, 0.717) is 11.5 Å². The number of carbonyl (C=O) groups is 1. The summed E-state index contributed by atoms with van der Waals surface area (Å²) in [5.74, 6) is 0.699. The molecule has 6 heteroatoms. The maximum absolute atomic E-state index is 11.8. The lowest BCUT2D eigenvalue weighted by Gasteiger charge is -2.11. The molecule has 0 spiro atoms. The Kier molecular flexibility index (Phi) is 6.52. The lowest BCUT2D eigenvalue weighted by Crippen LogP contribution is -2.24. The second-order valence-electron chi connectivity index (χ2n) is 4.85. The molecule has 0 bridgehead atoms. The second-order valence-corrected chi connectivity index (χ2v) is 4.85. The molecule has 0 aliphatic carbocycles. The van der Waals surface area contributed by atoms with Crippen molar-refractivity contribution in [2.75, 3.05) is 13.7 Å². The first-order valence-electron chi connectivity index (χ1n) is 7.35. The number of hydrazone groups is 1. The van der Waals surface area contributed by atoms with Gasteiger partial charge in [-0.05, 0) is 30.2 Å². The lowest BCUT2D eigenvalue weighted by atomic mass is 10.1. The Hall–Kier alpha value is -3.15. The van der Waals surface area contributed by atoms with Gasteiger partial charge in [0.1, 0.15) is 0 Å². The van der Waals surface area contributed by atoms with Gasteiger partial charge in [0, 0.05) is 18.0 Å². The number of allylic oxidation sites excluding steroid dienone is 1. The summed E-state index contributed by atoms with van der Waals surface area (Å²) in [4.78, 5) is 15.7. The van der Waals surface area contributed by atoms with Gasteiger partial charge in [-0.25, -0.2) is 5.43 Å². The van der Waals surface area contributed by atoms with Gasteiger partial charge < -0.3 is 9.47 Å². The highest BCUT2D eigenvalue weighted by molar-refractivity contribution is 5.82. The van der Waals surface area contributed by atoms with Gasteiger partial charge in [-0.2, -0.15) is 5.10 Å². The van der Waals surface area contributed by atoms with E-state index in [1.165, 1.54) is 6.21 Å². The molecule has 2 aromatic rings. The molecule has 1 aromatic carbocycles. The van der Waals surface area contributed by atoms with Crippen molar-refractivity contribution >= 4 is 12.1 Å². The van der Waals surface area contributed by atoms with Crippen LogP contribution in [0.25, 0.3) is 0 Å². The summed E-state index contributed by atoms with van der Waals surface area (Å²) in [6.07, 6.45) is 7.36. The Morgan fingerprint density at radius 1 is 1.38 bits per heavy atom. The smallest absolute Gasteiger partial charge is 0.277 e. The number of aromatic nitrogens is 1. The molecule has 1 N–H and O–H groups in total. The number of hydrogen-bond acceptors (Lipinski definition) is 5. The SMILES string of the molecule is C=CCc1ccc(OCC(=O)NN=Cc2cccnc2)c(OC)c1. The van der Waals surface area contributed by atoms with E-state index in [4.69, 9.17) is 9.47 Å². The second kappa shape index (κ2) is 9.09. The largest absolute Gasteiger partial charge is 0.493 e. The Morgan fingerprint density at radius 2 is 2.25 bits per heavy atom. The van der Waals surface area contributed by atoms with E-state index in [9.17, 15) is 4.79 Å². The molecule has 0 aliphatic heterocycles. The molecular formula is C18H19N3O3. The van der Waals surface area contributed by atoms with Crippen LogP contribution in [0.2, 0.25) is 0 Å². The molecule has 0 aliphatic rings. The molecule has 6 nitrogen and oxygen atoms in total. The molecule has 0 saturated heterocycles. The van der Waals surface area contributed by atoms with Gasteiger partial charge >= 0.3 is 0 Å². The Bertz CT molecular complexity index is 715. The van der Waals surface area contributed by atoms with Crippen molar-refractivity contribution in [1.29, 1.82) is 0 Å². The zero-order chi connectivity index (χ0) is 17.2. The number of amides is 1. The van der Waals surface area contributed by atoms with Gasteiger partial charge in [-0.15, -0.1) is 6.58 Å². The number of carbonyl (C=O) groups excluding carboxylic acids is 1. The zero-order valence-electron chi connectivity index (χ0n) is 13.4. The van der Waals surface area contributed by atoms with Crippen molar-refractivity contribution in [3.8, 4) is 11.5 Å². The van der Waals surface area contributed by atoms with Crippen LogP contribution >= 0.6 is 0 Å². The quantitative estimate of drug-likeness (QED) is 0.459. The number of ether oxygens (including phenoxy) is 2. The third-order valence-corrected chi connectivity index (χ3v) is 3.05. The number of nitrogens with one attached hydrogen (secondary N) is 1. The van der Waals surface area contributed by atoms with Crippen LogP contribution in [-0.2, 0) is 11.2 Å². The van der Waals surface area contributed by atoms with Gasteiger partial charge in [0.25, 0.3) is 5.91 Å². The fraction of sp³-hybridized carbons (Fsp3) is 0.167. The van der Waals surface area contributed by atoms with E-state index in [-0.39, 0.29) is 12.5 Å². The molecule has 1 heterocycles. The van der Waals surface area contributed by atoms with E-state index in [2.05, 4.69) is 22.1 Å². The predicted octanol–water partition coefficient (Wildman–Crippen LogP) is 2.35. The minimum atomic E-state index is -0.368. The summed E-state index contributed by atoms with van der Waals surface area (Å²) >= 11 is 0. The number of nitrogens with zero attached hydrogens (tertiary/aromatic N) is 2. The summed E-state index contributed by atoms with van der Waals surface area (Å²) < 4.78 is 10.8. The standard InChI is InChI=1S/C18H19N3O3/c1-3-5-14-7-8-16(17(10-14)23-2)24-13-18(22)21-20-12-15-6-4-9-19-11-15/h3-4,6-12H,1,5,13H2,2H3,(H,21,22). The van der Waals surface area contributed by atoms with Crippen molar-refractivity contribution in [3.63, 3.8) is 0 Å². The average molecular weight is 325 g/mol. The van der Waals surface area contributed by atoms with Gasteiger partial charge in [-0.1, -0.05) is 18.2 Å². The van der Waals surface area contributed by atoms with Crippen molar-refractivity contribution in [3.05, 3.63) is 66.5 Å². The summed E-state index contributed by atoms with van der Waals surface area (Å²) in [5, 5.41) is 3.85. The fourth-order valence-corrected chi connectivity index (χ4v) is 1.93. The van der Waals surface area contributed by atoms with Crippen LogP contribution in [-0.4, -0.2) is 30.8 Å². The number of methoxy groups -OCH3 is 1. The van der Waals surface area contributed by atoms with Crippen LogP contribution in [0.5, 0.6) is 11.5 Å². The number of rotatable bonds is 8. The normalized spacial score (nSPS) is 10.4. The number of hydrogen-bond donors (Lipinski definition) is 1. The average Bonchev–Trinajstić information content (AvgIpc) is 2.61. The first kappa shape index (κ1) is 17.2. The molecular weight excluding hydrogens is 306 g/mol. The number of pyridine rings is 1. The highest BCUT2D eigenvalue weighted by atomic mass is 16.5. The fourth-order valence-electron chi connectivity index (χ4n) is 1.93. The van der Waals surface area contributed by atoms with Gasteiger partial charge in [0.15, 0.2) is 18.1 Å². The Labute approximate surface area is 140 Å². The molecule has 0 radical (unpaired) electrons. The molecule has 0 unspecified atom stereocenters. The molecule has 24 heavy (non-hydrogen) atoms. The summed E-state index contributed by atoms with van der Waals surface area (Å²) in [7, 11) is 1.55. The first-order chi connectivity index (χ1) is 11.7. The molecule has 124 valence electrons. The van der Waals surface area contributed by atoms with Crippen LogP contribution in [0.4, 0.5) is 0 Å². The predicted molar refractivity (Wildman–Crippen MR) is 92.4 cm³/mol. The molecule has 1 amide bonds. The number of benzene rings is 1. The Balaban J connectivity index is 1.87. The van der Waals surface area contributed by atoms with Crippen molar-refractivity contribution < 1.29 is 14.3 Å². The van der Waals surface area contributed by atoms with Crippen LogP contribution in [0, 0.1) is 0 Å². The molecule has 1 aromatic heterocycles. The van der Waals surface area contributed by atoms with Crippen LogP contribution in [0.3, 0.4) is 0 Å². The minimum absolute atomic E-state index is 0.165. The van der Waals surface area contributed by atoms with Gasteiger partial charge in [-0.3, -0.25) is 9.78 Å². The first-order valence-corrected chi connectivity index (χ1v) is 7.35. The van der Waals surface area contributed by atoms with Gasteiger partial charge in [0.2, 0.25) is 0 Å². The minimum Gasteiger partial charge on any atom is -0.493 e. The van der Waals surface area contributed by atoms with Crippen LogP contribution in [0.1, 0.15) is 11.1 Å². The molecule has 0 saturated carbocycles. The van der Waals surface area contributed by atoms with E-state index < -0.39 is 0 Å². The maximum Gasteiger partial charge on any atom is 0.277 e. The topological polar surface area (TPSA) is 72.8 Å². The third kappa shape index (κ3) is 5.24. The summed E-state index contributed by atoms with van der Waals surface area (Å²) in [6, 6.07) is 9.14. The lowest BCUT2D eigenvalue weighted by molar-refractivity contribution is -0.123. The van der Waals surface area contributed by atoms with E-state index in [0.717, 1.165) is 17.5 Å². The Morgan fingerprint density at radius 3 is 2.96 bits per heavy atom. The van der Waals surface area contributed by atoms with Gasteiger partial charge in [0.05, 0.1) is 13.3 Å². The highest BCUT2D eigenvalue weighted by Gasteiger charge is 2.08. The van der Waals surface area contributed by atoms with Crippen molar-refractivity contribution in [2.45, 2.75) is 6.42 Å². The maximum atomic E-state index is 11.8. The molecule has 2 rings (SSSR count). The summed E-state index contributed by atoms with van der Waals surface area (Å²) in [6.45, 7) is 3.54. The van der Waals surface area contributed by atoms with Crippen LogP contribution < -0.4 is 14.9 Å².